The lowest BCUT2D eigenvalue weighted by molar-refractivity contribution is -0.111. The molecular formula is C15H23NO7. The van der Waals surface area contributed by atoms with Crippen LogP contribution in [-0.4, -0.2) is 75.7 Å². The number of carbonyl (C=O) groups excluding carboxylic acids is 1. The van der Waals surface area contributed by atoms with E-state index in [0.717, 1.165) is 0 Å². The van der Waals surface area contributed by atoms with Crippen LogP contribution in [0.2, 0.25) is 0 Å². The second-order valence-electron chi connectivity index (χ2n) is 4.98. The fourth-order valence-electron chi connectivity index (χ4n) is 1.84. The van der Waals surface area contributed by atoms with Crippen LogP contribution >= 0.6 is 0 Å². The maximum atomic E-state index is 11.5. The van der Waals surface area contributed by atoms with Gasteiger partial charge in [-0.1, -0.05) is 0 Å². The average Bonchev–Trinajstić information content (AvgIpc) is 2.58. The molecular weight excluding hydrogens is 306 g/mol. The highest BCUT2D eigenvalue weighted by Gasteiger charge is 2.29. The van der Waals surface area contributed by atoms with Crippen molar-refractivity contribution in [3.63, 3.8) is 0 Å². The molecule has 1 rings (SSSR count). The number of carbonyl (C=O) groups is 1. The molecule has 0 radical (unpaired) electrons. The van der Waals surface area contributed by atoms with Gasteiger partial charge in [-0.05, 0) is 31.2 Å². The average molecular weight is 329 g/mol. The Kier molecular flexibility index (Phi) is 7.93. The number of hydrogen-bond donors (Lipinski definition) is 6. The van der Waals surface area contributed by atoms with Crippen LogP contribution in [0.25, 0.3) is 0 Å². The van der Waals surface area contributed by atoms with Gasteiger partial charge in [-0.25, -0.2) is 4.79 Å². The Morgan fingerprint density at radius 1 is 1.09 bits per heavy atom. The molecule has 0 aliphatic heterocycles. The maximum absolute atomic E-state index is 11.5. The van der Waals surface area contributed by atoms with Gasteiger partial charge in [0.1, 0.15) is 18.3 Å². The molecule has 0 aliphatic carbocycles. The highest BCUT2D eigenvalue weighted by atomic mass is 16.5. The first-order valence-corrected chi connectivity index (χ1v) is 7.24. The van der Waals surface area contributed by atoms with E-state index in [2.05, 4.69) is 5.32 Å². The monoisotopic (exact) mass is 329 g/mol. The highest BCUT2D eigenvalue weighted by molar-refractivity contribution is 5.89. The fraction of sp³-hybridized carbons (Fsp3) is 0.533. The first-order valence-electron chi connectivity index (χ1n) is 7.24. The van der Waals surface area contributed by atoms with Crippen molar-refractivity contribution in [2.24, 2.45) is 0 Å². The minimum atomic E-state index is -1.66. The molecule has 8 nitrogen and oxygen atoms in total. The Morgan fingerprint density at radius 3 is 2.17 bits per heavy atom. The van der Waals surface area contributed by atoms with Crippen molar-refractivity contribution in [1.29, 1.82) is 0 Å². The number of nitrogens with one attached hydrogen (secondary N) is 1. The third kappa shape index (κ3) is 5.77. The van der Waals surface area contributed by atoms with Gasteiger partial charge < -0.3 is 35.6 Å². The molecule has 0 amide bonds. The lowest BCUT2D eigenvalue weighted by Gasteiger charge is -2.26. The molecule has 0 aliphatic rings. The van der Waals surface area contributed by atoms with Gasteiger partial charge in [-0.3, -0.25) is 0 Å². The summed E-state index contributed by atoms with van der Waals surface area (Å²) in [5, 5.41) is 49.7. The van der Waals surface area contributed by atoms with Crippen LogP contribution in [0.1, 0.15) is 17.3 Å². The zero-order valence-electron chi connectivity index (χ0n) is 12.8. The van der Waals surface area contributed by atoms with Crippen LogP contribution in [-0.2, 0) is 4.74 Å². The first-order chi connectivity index (χ1) is 10.9. The van der Waals surface area contributed by atoms with Gasteiger partial charge in [0.05, 0.1) is 24.9 Å². The van der Waals surface area contributed by atoms with Crippen LogP contribution in [0, 0.1) is 0 Å². The molecule has 1 aromatic carbocycles. The molecule has 0 fully saturated rings. The zero-order valence-corrected chi connectivity index (χ0v) is 12.8. The molecule has 23 heavy (non-hydrogen) atoms. The fourth-order valence-corrected chi connectivity index (χ4v) is 1.84. The SMILES string of the molecule is CCOC(=O)c1ccc(NC[C@H](O)[C@@H](O)[C@@H](O)[C@H](O)CO)cc1. The molecule has 0 aromatic heterocycles. The van der Waals surface area contributed by atoms with E-state index in [4.69, 9.17) is 9.84 Å². The molecule has 1 aromatic rings. The van der Waals surface area contributed by atoms with Crippen molar-refractivity contribution in [2.45, 2.75) is 31.3 Å². The number of benzene rings is 1. The third-order valence-corrected chi connectivity index (χ3v) is 3.24. The number of aliphatic hydroxyl groups is 5. The van der Waals surface area contributed by atoms with Crippen LogP contribution in [0.3, 0.4) is 0 Å². The summed E-state index contributed by atoms with van der Waals surface area (Å²) in [5.41, 5.74) is 0.973. The summed E-state index contributed by atoms with van der Waals surface area (Å²) in [6.45, 7) is 1.16. The third-order valence-electron chi connectivity index (χ3n) is 3.24. The van der Waals surface area contributed by atoms with Gasteiger partial charge in [0.2, 0.25) is 0 Å². The standard InChI is InChI=1S/C15H23NO7/c1-2-23-15(22)9-3-5-10(6-4-9)16-7-11(18)13(20)14(21)12(19)8-17/h3-6,11-14,16-21H,2,7-8H2,1H3/t11-,12+,13+,14-/m0/s1. The van der Waals surface area contributed by atoms with Crippen molar-refractivity contribution >= 4 is 11.7 Å². The van der Waals surface area contributed by atoms with Gasteiger partial charge in [0, 0.05) is 12.2 Å². The summed E-state index contributed by atoms with van der Waals surface area (Å²) in [6, 6.07) is 6.30. The number of hydrogen-bond acceptors (Lipinski definition) is 8. The van der Waals surface area contributed by atoms with Crippen LogP contribution < -0.4 is 5.32 Å². The Labute approximate surface area is 134 Å². The quantitative estimate of drug-likeness (QED) is 0.308. The van der Waals surface area contributed by atoms with Crippen LogP contribution in [0.4, 0.5) is 5.69 Å². The molecule has 0 saturated carbocycles. The summed E-state index contributed by atoms with van der Waals surface area (Å²) >= 11 is 0. The summed E-state index contributed by atoms with van der Waals surface area (Å²) in [6.07, 6.45) is -6.19. The largest absolute Gasteiger partial charge is 0.462 e. The number of anilines is 1. The Morgan fingerprint density at radius 2 is 1.65 bits per heavy atom. The summed E-state index contributed by atoms with van der Waals surface area (Å²) in [4.78, 5) is 11.5. The van der Waals surface area contributed by atoms with E-state index in [9.17, 15) is 25.2 Å². The first kappa shape index (κ1) is 19.3. The Balaban J connectivity index is 2.52. The van der Waals surface area contributed by atoms with Gasteiger partial charge in [0.25, 0.3) is 0 Å². The van der Waals surface area contributed by atoms with E-state index < -0.39 is 37.0 Å². The molecule has 0 unspecified atom stereocenters. The minimum Gasteiger partial charge on any atom is -0.462 e. The van der Waals surface area contributed by atoms with E-state index in [1.165, 1.54) is 0 Å². The number of ether oxygens (including phenoxy) is 1. The minimum absolute atomic E-state index is 0.102. The number of rotatable bonds is 9. The maximum Gasteiger partial charge on any atom is 0.338 e. The van der Waals surface area contributed by atoms with Crippen molar-refractivity contribution < 1.29 is 35.1 Å². The van der Waals surface area contributed by atoms with Crippen molar-refractivity contribution in [2.75, 3.05) is 25.1 Å². The van der Waals surface area contributed by atoms with Crippen molar-refractivity contribution in [1.82, 2.24) is 0 Å². The van der Waals surface area contributed by atoms with E-state index in [-0.39, 0.29) is 13.2 Å². The molecule has 6 N–H and O–H groups in total. The highest BCUT2D eigenvalue weighted by Crippen LogP contribution is 2.12. The predicted octanol–water partition coefficient (Wildman–Crippen LogP) is -1.29. The topological polar surface area (TPSA) is 139 Å². The molecule has 0 spiro atoms. The Hall–Kier alpha value is -1.71. The van der Waals surface area contributed by atoms with Gasteiger partial charge in [-0.15, -0.1) is 0 Å². The number of aliphatic hydroxyl groups excluding tert-OH is 5. The van der Waals surface area contributed by atoms with Crippen LogP contribution in [0.15, 0.2) is 24.3 Å². The Bertz CT molecular complexity index is 479. The van der Waals surface area contributed by atoms with Crippen LogP contribution in [0.5, 0.6) is 0 Å². The second-order valence-corrected chi connectivity index (χ2v) is 4.98. The smallest absolute Gasteiger partial charge is 0.338 e. The zero-order chi connectivity index (χ0) is 17.4. The molecule has 8 heteroatoms. The van der Waals surface area contributed by atoms with Gasteiger partial charge >= 0.3 is 5.97 Å². The van der Waals surface area contributed by atoms with Crippen molar-refractivity contribution in [3.05, 3.63) is 29.8 Å². The van der Waals surface area contributed by atoms with Gasteiger partial charge in [0.15, 0.2) is 0 Å². The lowest BCUT2D eigenvalue weighted by atomic mass is 10.0. The molecule has 4 atom stereocenters. The van der Waals surface area contributed by atoms with E-state index >= 15 is 0 Å². The van der Waals surface area contributed by atoms with E-state index in [0.29, 0.717) is 11.3 Å². The summed E-state index contributed by atoms with van der Waals surface area (Å²) in [7, 11) is 0. The molecule has 130 valence electrons. The number of esters is 1. The molecule has 0 heterocycles. The van der Waals surface area contributed by atoms with E-state index in [1.54, 1.807) is 31.2 Å². The predicted molar refractivity (Wildman–Crippen MR) is 82.0 cm³/mol. The second kappa shape index (κ2) is 9.43. The van der Waals surface area contributed by atoms with Crippen molar-refractivity contribution in [3.8, 4) is 0 Å². The van der Waals surface area contributed by atoms with Gasteiger partial charge in [-0.2, -0.15) is 0 Å². The molecule has 0 saturated heterocycles. The normalized spacial score (nSPS) is 16.3. The molecule has 0 bridgehead atoms. The summed E-state index contributed by atoms with van der Waals surface area (Å²) in [5.74, 6) is -0.435. The summed E-state index contributed by atoms with van der Waals surface area (Å²) < 4.78 is 4.85. The lowest BCUT2D eigenvalue weighted by Crippen LogP contribution is -2.47. The van der Waals surface area contributed by atoms with E-state index in [1.807, 2.05) is 0 Å².